The Labute approximate surface area is 106 Å². The molecule has 0 saturated carbocycles. The highest BCUT2D eigenvalue weighted by Gasteiger charge is 2.30. The third-order valence-electron chi connectivity index (χ3n) is 2.93. The van der Waals surface area contributed by atoms with Crippen LogP contribution < -0.4 is 0 Å². The van der Waals surface area contributed by atoms with Crippen LogP contribution in [0.5, 0.6) is 0 Å². The fourth-order valence-corrected chi connectivity index (χ4v) is 1.82. The summed E-state index contributed by atoms with van der Waals surface area (Å²) in [7, 11) is 1.29. The average molecular weight is 251 g/mol. The van der Waals surface area contributed by atoms with E-state index in [2.05, 4.69) is 4.74 Å². The summed E-state index contributed by atoms with van der Waals surface area (Å²) in [4.78, 5) is 21.9. The molecule has 0 heterocycles. The zero-order valence-corrected chi connectivity index (χ0v) is 10.5. The molecule has 1 aromatic carbocycles. The van der Waals surface area contributed by atoms with Gasteiger partial charge in [0.25, 0.3) is 0 Å². The van der Waals surface area contributed by atoms with Gasteiger partial charge < -0.3 is 4.74 Å². The largest absolute Gasteiger partial charge is 0.469 e. The Morgan fingerprint density at radius 1 is 1.39 bits per heavy atom. The molecule has 98 valence electrons. The maximum atomic E-state index is 11.2. The lowest BCUT2D eigenvalue weighted by atomic mass is 9.93. The quantitative estimate of drug-likeness (QED) is 0.441. The van der Waals surface area contributed by atoms with Gasteiger partial charge in [0.2, 0.25) is 6.04 Å². The van der Waals surface area contributed by atoms with Crippen LogP contribution in [0, 0.1) is 16.0 Å². The first-order chi connectivity index (χ1) is 8.54. The number of esters is 1. The van der Waals surface area contributed by atoms with Crippen molar-refractivity contribution < 1.29 is 14.5 Å². The molecule has 1 aromatic rings. The van der Waals surface area contributed by atoms with Gasteiger partial charge in [0, 0.05) is 17.3 Å². The second kappa shape index (κ2) is 6.74. The number of carbonyl (C=O) groups excluding carboxylic acids is 1. The Morgan fingerprint density at radius 2 is 2.00 bits per heavy atom. The number of ether oxygens (including phenoxy) is 1. The van der Waals surface area contributed by atoms with E-state index in [-0.39, 0.29) is 17.3 Å². The number of nitrogens with zero attached hydrogens (tertiary/aromatic N) is 1. The van der Waals surface area contributed by atoms with Crippen LogP contribution in [0.3, 0.4) is 0 Å². The minimum Gasteiger partial charge on any atom is -0.469 e. The maximum absolute atomic E-state index is 11.2. The van der Waals surface area contributed by atoms with Crippen molar-refractivity contribution in [3.63, 3.8) is 0 Å². The normalized spacial score (nSPS) is 13.7. The van der Waals surface area contributed by atoms with Gasteiger partial charge in [0.15, 0.2) is 0 Å². The summed E-state index contributed by atoms with van der Waals surface area (Å²) < 4.78 is 4.54. The standard InChI is InChI=1S/C13H17NO4/c1-10(8-13(15)18-2)12(14(16)17)9-11-6-4-3-5-7-11/h3-7,10,12H,8-9H2,1-2H3/t10-,12-/m1/s1. The fraction of sp³-hybridized carbons (Fsp3) is 0.462. The fourth-order valence-electron chi connectivity index (χ4n) is 1.82. The molecule has 5 nitrogen and oxygen atoms in total. The van der Waals surface area contributed by atoms with Gasteiger partial charge in [-0.2, -0.15) is 0 Å². The van der Waals surface area contributed by atoms with E-state index in [0.29, 0.717) is 6.42 Å². The summed E-state index contributed by atoms with van der Waals surface area (Å²) in [5.74, 6) is -0.768. The van der Waals surface area contributed by atoms with E-state index in [1.165, 1.54) is 7.11 Å². The van der Waals surface area contributed by atoms with Crippen molar-refractivity contribution in [2.75, 3.05) is 7.11 Å². The summed E-state index contributed by atoms with van der Waals surface area (Å²) in [5, 5.41) is 11.1. The van der Waals surface area contributed by atoms with E-state index in [4.69, 9.17) is 0 Å². The predicted octanol–water partition coefficient (Wildman–Crippen LogP) is 2.07. The van der Waals surface area contributed by atoms with Crippen LogP contribution in [-0.2, 0) is 16.0 Å². The van der Waals surface area contributed by atoms with Crippen LogP contribution in [0.15, 0.2) is 30.3 Å². The van der Waals surface area contributed by atoms with Crippen LogP contribution in [0.1, 0.15) is 18.9 Å². The van der Waals surface area contributed by atoms with E-state index in [1.807, 2.05) is 30.3 Å². The summed E-state index contributed by atoms with van der Waals surface area (Å²) in [6, 6.07) is 8.48. The number of rotatable bonds is 6. The van der Waals surface area contributed by atoms with E-state index >= 15 is 0 Å². The van der Waals surface area contributed by atoms with Crippen molar-refractivity contribution in [3.8, 4) is 0 Å². The minimum absolute atomic E-state index is 0.0645. The molecular formula is C13H17NO4. The summed E-state index contributed by atoms with van der Waals surface area (Å²) in [6.45, 7) is 1.70. The number of methoxy groups -OCH3 is 1. The Balaban J connectivity index is 2.71. The second-order valence-electron chi connectivity index (χ2n) is 4.30. The van der Waals surface area contributed by atoms with E-state index in [1.54, 1.807) is 6.92 Å². The molecule has 0 aromatic heterocycles. The first-order valence-electron chi connectivity index (χ1n) is 5.78. The van der Waals surface area contributed by atoms with E-state index in [0.717, 1.165) is 5.56 Å². The smallest absolute Gasteiger partial charge is 0.306 e. The summed E-state index contributed by atoms with van der Waals surface area (Å²) in [5.41, 5.74) is 0.899. The van der Waals surface area contributed by atoms with E-state index < -0.39 is 12.0 Å². The maximum Gasteiger partial charge on any atom is 0.306 e. The van der Waals surface area contributed by atoms with Gasteiger partial charge in [-0.25, -0.2) is 0 Å². The molecule has 5 heteroatoms. The molecule has 0 aliphatic rings. The van der Waals surface area contributed by atoms with Gasteiger partial charge in [-0.1, -0.05) is 37.3 Å². The van der Waals surface area contributed by atoms with Crippen molar-refractivity contribution in [3.05, 3.63) is 46.0 Å². The molecule has 0 amide bonds. The molecule has 0 N–H and O–H groups in total. The summed E-state index contributed by atoms with van der Waals surface area (Å²) in [6.07, 6.45) is 0.390. The Hall–Kier alpha value is -1.91. The van der Waals surface area contributed by atoms with Crippen LogP contribution in [0.4, 0.5) is 0 Å². The van der Waals surface area contributed by atoms with Gasteiger partial charge >= 0.3 is 5.97 Å². The van der Waals surface area contributed by atoms with Gasteiger partial charge in [0.05, 0.1) is 13.5 Å². The Bertz CT molecular complexity index is 405. The SMILES string of the molecule is COC(=O)C[C@@H](C)[C@@H](Cc1ccccc1)[N+](=O)[O-]. The van der Waals surface area contributed by atoms with E-state index in [9.17, 15) is 14.9 Å². The molecule has 0 radical (unpaired) electrons. The van der Waals surface area contributed by atoms with Crippen LogP contribution in [0.2, 0.25) is 0 Å². The number of hydrogen-bond acceptors (Lipinski definition) is 4. The van der Waals surface area contributed by atoms with Gasteiger partial charge in [0.1, 0.15) is 0 Å². The first kappa shape index (κ1) is 14.2. The van der Waals surface area contributed by atoms with Crippen LogP contribution >= 0.6 is 0 Å². The summed E-state index contributed by atoms with van der Waals surface area (Å²) >= 11 is 0. The number of hydrogen-bond donors (Lipinski definition) is 0. The number of nitro groups is 1. The molecule has 18 heavy (non-hydrogen) atoms. The zero-order valence-electron chi connectivity index (χ0n) is 10.5. The average Bonchev–Trinajstić information content (AvgIpc) is 2.36. The molecule has 0 aliphatic carbocycles. The minimum atomic E-state index is -0.772. The zero-order chi connectivity index (χ0) is 13.5. The first-order valence-corrected chi connectivity index (χ1v) is 5.78. The number of benzene rings is 1. The van der Waals surface area contributed by atoms with Crippen molar-refractivity contribution in [1.29, 1.82) is 0 Å². The highest BCUT2D eigenvalue weighted by molar-refractivity contribution is 5.69. The third kappa shape index (κ3) is 4.16. The van der Waals surface area contributed by atoms with Crippen molar-refractivity contribution in [2.24, 2.45) is 5.92 Å². The molecule has 0 bridgehead atoms. The molecule has 0 aliphatic heterocycles. The molecule has 0 fully saturated rings. The number of carbonyl (C=O) groups is 1. The molecule has 2 atom stereocenters. The van der Waals surface area contributed by atoms with Crippen molar-refractivity contribution >= 4 is 5.97 Å². The highest BCUT2D eigenvalue weighted by Crippen LogP contribution is 2.17. The lowest BCUT2D eigenvalue weighted by Gasteiger charge is -2.16. The third-order valence-corrected chi connectivity index (χ3v) is 2.93. The molecule has 0 spiro atoms. The van der Waals surface area contributed by atoms with Crippen molar-refractivity contribution in [2.45, 2.75) is 25.8 Å². The molecular weight excluding hydrogens is 234 g/mol. The second-order valence-corrected chi connectivity index (χ2v) is 4.30. The van der Waals surface area contributed by atoms with Crippen LogP contribution in [-0.4, -0.2) is 24.0 Å². The molecule has 1 rings (SSSR count). The Morgan fingerprint density at radius 3 is 2.50 bits per heavy atom. The van der Waals surface area contributed by atoms with Crippen molar-refractivity contribution in [1.82, 2.24) is 0 Å². The molecule has 0 saturated heterocycles. The lowest BCUT2D eigenvalue weighted by molar-refractivity contribution is -0.531. The van der Waals surface area contributed by atoms with Gasteiger partial charge in [-0.3, -0.25) is 14.9 Å². The lowest BCUT2D eigenvalue weighted by Crippen LogP contribution is -2.31. The van der Waals surface area contributed by atoms with Crippen LogP contribution in [0.25, 0.3) is 0 Å². The van der Waals surface area contributed by atoms with Gasteiger partial charge in [-0.15, -0.1) is 0 Å². The predicted molar refractivity (Wildman–Crippen MR) is 66.7 cm³/mol. The highest BCUT2D eigenvalue weighted by atomic mass is 16.6. The topological polar surface area (TPSA) is 69.4 Å². The monoisotopic (exact) mass is 251 g/mol. The molecule has 0 unspecified atom stereocenters. The van der Waals surface area contributed by atoms with Gasteiger partial charge in [-0.05, 0) is 5.56 Å². The Kier molecular flexibility index (Phi) is 5.30.